The maximum Gasteiger partial charge on any atom is 0.338 e. The number of thioether (sulfide) groups is 1. The van der Waals surface area contributed by atoms with Crippen molar-refractivity contribution in [1.29, 1.82) is 0 Å². The van der Waals surface area contributed by atoms with Gasteiger partial charge in [0.2, 0.25) is 16.9 Å². The van der Waals surface area contributed by atoms with Gasteiger partial charge < -0.3 is 15.4 Å². The molecule has 1 heterocycles. The lowest BCUT2D eigenvalue weighted by molar-refractivity contribution is -0.123. The number of hydrogen-bond acceptors (Lipinski definition) is 8. The van der Waals surface area contributed by atoms with E-state index >= 15 is 0 Å². The molecule has 2 aromatic rings. The van der Waals surface area contributed by atoms with E-state index < -0.39 is 11.4 Å². The quantitative estimate of drug-likeness (QED) is 0.399. The molecular weight excluding hydrogens is 400 g/mol. The third-order valence-corrected chi connectivity index (χ3v) is 5.29. The number of carbonyl (C=O) groups excluding carboxylic acids is 3. The van der Waals surface area contributed by atoms with Crippen LogP contribution in [0.25, 0.3) is 0 Å². The number of rotatable bonds is 7. The Bertz CT molecular complexity index is 844. The fourth-order valence-corrected chi connectivity index (χ4v) is 3.38. The fourth-order valence-electron chi connectivity index (χ4n) is 1.83. The van der Waals surface area contributed by atoms with Crippen LogP contribution in [0.3, 0.4) is 0 Å². The molecule has 2 amide bonds. The van der Waals surface area contributed by atoms with Gasteiger partial charge in [-0.3, -0.25) is 9.59 Å². The summed E-state index contributed by atoms with van der Waals surface area (Å²) in [5.41, 5.74) is 0.476. The molecular formula is C18H22N4O4S2. The number of ether oxygens (including phenoxy) is 1. The molecule has 0 aliphatic heterocycles. The first-order valence-electron chi connectivity index (χ1n) is 8.54. The maximum absolute atomic E-state index is 12.1. The molecule has 2 N–H and O–H groups in total. The largest absolute Gasteiger partial charge is 0.462 e. The lowest BCUT2D eigenvalue weighted by Crippen LogP contribution is -2.27. The Balaban J connectivity index is 1.83. The zero-order valence-electron chi connectivity index (χ0n) is 16.1. The van der Waals surface area contributed by atoms with Crippen molar-refractivity contribution in [1.82, 2.24) is 10.2 Å². The highest BCUT2D eigenvalue weighted by atomic mass is 32.2. The van der Waals surface area contributed by atoms with Gasteiger partial charge in [0.05, 0.1) is 17.9 Å². The molecule has 0 bridgehead atoms. The number of nitrogens with one attached hydrogen (secondary N) is 2. The van der Waals surface area contributed by atoms with E-state index in [0.717, 1.165) is 0 Å². The van der Waals surface area contributed by atoms with Crippen molar-refractivity contribution in [3.63, 3.8) is 0 Å². The third kappa shape index (κ3) is 6.61. The summed E-state index contributed by atoms with van der Waals surface area (Å²) in [7, 11) is 0. The number of esters is 1. The molecule has 0 atom stereocenters. The molecule has 0 radical (unpaired) electrons. The zero-order valence-corrected chi connectivity index (χ0v) is 17.7. The first-order chi connectivity index (χ1) is 13.2. The zero-order chi connectivity index (χ0) is 20.7. The van der Waals surface area contributed by atoms with E-state index in [2.05, 4.69) is 20.8 Å². The minimum atomic E-state index is -0.526. The van der Waals surface area contributed by atoms with Gasteiger partial charge in [-0.15, -0.1) is 10.2 Å². The molecule has 0 saturated heterocycles. The highest BCUT2D eigenvalue weighted by Gasteiger charge is 2.22. The molecule has 0 spiro atoms. The second-order valence-electron chi connectivity index (χ2n) is 6.71. The van der Waals surface area contributed by atoms with Gasteiger partial charge in [-0.2, -0.15) is 0 Å². The first-order valence-corrected chi connectivity index (χ1v) is 10.3. The van der Waals surface area contributed by atoms with Gasteiger partial charge in [0.15, 0.2) is 4.34 Å². The average Bonchev–Trinajstić information content (AvgIpc) is 3.07. The molecule has 0 aliphatic carbocycles. The summed E-state index contributed by atoms with van der Waals surface area (Å²) in [6.45, 7) is 7.47. The van der Waals surface area contributed by atoms with Crippen molar-refractivity contribution in [3.8, 4) is 0 Å². The number of nitrogens with zero attached hydrogens (tertiary/aromatic N) is 2. The van der Waals surface area contributed by atoms with Crippen molar-refractivity contribution in [2.75, 3.05) is 23.0 Å². The second-order valence-corrected chi connectivity index (χ2v) is 8.91. The van der Waals surface area contributed by atoms with E-state index in [1.807, 2.05) is 20.8 Å². The number of benzene rings is 1. The Morgan fingerprint density at radius 1 is 1.11 bits per heavy atom. The SMILES string of the molecule is CCOC(=O)c1ccc(NC(=O)CSc2nnc(NC(=O)C(C)(C)C)s2)cc1. The smallest absolute Gasteiger partial charge is 0.338 e. The third-order valence-electron chi connectivity index (χ3n) is 3.31. The molecule has 0 unspecified atom stereocenters. The van der Waals surface area contributed by atoms with Crippen LogP contribution in [0.15, 0.2) is 28.6 Å². The molecule has 10 heteroatoms. The van der Waals surface area contributed by atoms with Gasteiger partial charge in [0, 0.05) is 11.1 Å². The summed E-state index contributed by atoms with van der Waals surface area (Å²) in [4.78, 5) is 35.6. The molecule has 150 valence electrons. The van der Waals surface area contributed by atoms with Crippen LogP contribution >= 0.6 is 23.1 Å². The topological polar surface area (TPSA) is 110 Å². The minimum Gasteiger partial charge on any atom is -0.462 e. The molecule has 1 aromatic heterocycles. The van der Waals surface area contributed by atoms with Crippen molar-refractivity contribution < 1.29 is 19.1 Å². The maximum atomic E-state index is 12.1. The van der Waals surface area contributed by atoms with Crippen molar-refractivity contribution in [3.05, 3.63) is 29.8 Å². The summed E-state index contributed by atoms with van der Waals surface area (Å²) >= 11 is 2.44. The number of aromatic nitrogens is 2. The summed E-state index contributed by atoms with van der Waals surface area (Å²) < 4.78 is 5.49. The second kappa shape index (κ2) is 9.65. The van der Waals surface area contributed by atoms with Crippen LogP contribution in [-0.4, -0.2) is 40.3 Å². The van der Waals surface area contributed by atoms with Gasteiger partial charge in [-0.25, -0.2) is 4.79 Å². The number of amides is 2. The van der Waals surface area contributed by atoms with Crippen LogP contribution in [0.5, 0.6) is 0 Å². The van der Waals surface area contributed by atoms with E-state index in [9.17, 15) is 14.4 Å². The summed E-state index contributed by atoms with van der Waals surface area (Å²) in [5, 5.41) is 13.7. The Morgan fingerprint density at radius 2 is 1.79 bits per heavy atom. The average molecular weight is 423 g/mol. The number of carbonyl (C=O) groups is 3. The van der Waals surface area contributed by atoms with E-state index in [4.69, 9.17) is 4.74 Å². The summed E-state index contributed by atoms with van der Waals surface area (Å²) in [5.74, 6) is -0.628. The van der Waals surface area contributed by atoms with Crippen LogP contribution in [0.2, 0.25) is 0 Å². The van der Waals surface area contributed by atoms with Crippen LogP contribution in [-0.2, 0) is 14.3 Å². The van der Waals surface area contributed by atoms with Crippen molar-refractivity contribution >= 4 is 51.7 Å². The molecule has 8 nitrogen and oxygen atoms in total. The number of anilines is 2. The Morgan fingerprint density at radius 3 is 2.39 bits per heavy atom. The highest BCUT2D eigenvalue weighted by Crippen LogP contribution is 2.27. The molecule has 1 aromatic carbocycles. The Hall–Kier alpha value is -2.46. The first kappa shape index (κ1) is 21.8. The van der Waals surface area contributed by atoms with E-state index in [1.165, 1.54) is 23.1 Å². The predicted molar refractivity (Wildman–Crippen MR) is 110 cm³/mol. The summed E-state index contributed by atoms with van der Waals surface area (Å²) in [6, 6.07) is 6.46. The van der Waals surface area contributed by atoms with Crippen LogP contribution in [0, 0.1) is 5.41 Å². The monoisotopic (exact) mass is 422 g/mol. The molecule has 2 rings (SSSR count). The molecule has 0 aliphatic rings. The van der Waals surface area contributed by atoms with E-state index in [1.54, 1.807) is 31.2 Å². The molecule has 0 fully saturated rings. The normalized spacial score (nSPS) is 11.0. The lowest BCUT2D eigenvalue weighted by atomic mass is 9.96. The molecule has 0 saturated carbocycles. The van der Waals surface area contributed by atoms with E-state index in [-0.39, 0.29) is 17.6 Å². The van der Waals surface area contributed by atoms with Crippen molar-refractivity contribution in [2.24, 2.45) is 5.41 Å². The van der Waals surface area contributed by atoms with Gasteiger partial charge >= 0.3 is 5.97 Å². The van der Waals surface area contributed by atoms with Crippen LogP contribution in [0.4, 0.5) is 10.8 Å². The Kier molecular flexibility index (Phi) is 7.53. The van der Waals surface area contributed by atoms with Gasteiger partial charge in [-0.1, -0.05) is 43.9 Å². The lowest BCUT2D eigenvalue weighted by Gasteiger charge is -2.15. The number of hydrogen-bond donors (Lipinski definition) is 2. The predicted octanol–water partition coefficient (Wildman–Crippen LogP) is 3.43. The minimum absolute atomic E-state index is 0.140. The van der Waals surface area contributed by atoms with Gasteiger partial charge in [0.1, 0.15) is 0 Å². The van der Waals surface area contributed by atoms with E-state index in [0.29, 0.717) is 27.3 Å². The van der Waals surface area contributed by atoms with Crippen LogP contribution in [0.1, 0.15) is 38.1 Å². The van der Waals surface area contributed by atoms with Gasteiger partial charge in [-0.05, 0) is 31.2 Å². The van der Waals surface area contributed by atoms with Crippen molar-refractivity contribution in [2.45, 2.75) is 32.0 Å². The Labute approximate surface area is 171 Å². The fraction of sp³-hybridized carbons (Fsp3) is 0.389. The summed E-state index contributed by atoms with van der Waals surface area (Å²) in [6.07, 6.45) is 0. The van der Waals surface area contributed by atoms with Gasteiger partial charge in [0.25, 0.3) is 0 Å². The van der Waals surface area contributed by atoms with Crippen LogP contribution < -0.4 is 10.6 Å². The highest BCUT2D eigenvalue weighted by molar-refractivity contribution is 8.01. The standard InChI is InChI=1S/C18H22N4O4S2/c1-5-26-14(24)11-6-8-12(9-7-11)19-13(23)10-27-17-22-21-16(28-17)20-15(25)18(2,3)4/h6-9H,5,10H2,1-4H3,(H,19,23)(H,20,21,25). The molecule has 28 heavy (non-hydrogen) atoms.